The molecule has 1 heterocycles. The van der Waals surface area contributed by atoms with Crippen LogP contribution in [0.1, 0.15) is 32.6 Å². The van der Waals surface area contributed by atoms with E-state index in [4.69, 9.17) is 0 Å². The Kier molecular flexibility index (Phi) is 1.92. The third kappa shape index (κ3) is 1.20. The second-order valence-electron chi connectivity index (χ2n) is 4.36. The standard InChI is InChI=1S/C10H19N/c1-8-10-5-3-4-9(10)6-7-11(8)2/h8-10H,3-7H2,1-2H3. The molecule has 0 bridgehead atoms. The Morgan fingerprint density at radius 3 is 2.82 bits per heavy atom. The molecule has 1 aliphatic carbocycles. The zero-order valence-corrected chi connectivity index (χ0v) is 7.71. The van der Waals surface area contributed by atoms with E-state index in [9.17, 15) is 0 Å². The molecule has 1 heteroatoms. The first-order valence-corrected chi connectivity index (χ1v) is 4.99. The molecule has 3 unspecified atom stereocenters. The molecule has 0 amide bonds. The van der Waals surface area contributed by atoms with Gasteiger partial charge in [0.1, 0.15) is 0 Å². The molecule has 2 rings (SSSR count). The van der Waals surface area contributed by atoms with Crippen molar-refractivity contribution in [2.45, 2.75) is 38.6 Å². The summed E-state index contributed by atoms with van der Waals surface area (Å²) in [6, 6.07) is 0.858. The van der Waals surface area contributed by atoms with Crippen LogP contribution in [-0.4, -0.2) is 24.5 Å². The Labute approximate surface area is 69.8 Å². The molecular weight excluding hydrogens is 134 g/mol. The zero-order valence-electron chi connectivity index (χ0n) is 7.71. The maximum atomic E-state index is 2.53. The smallest absolute Gasteiger partial charge is 0.00948 e. The van der Waals surface area contributed by atoms with E-state index in [0.29, 0.717) is 0 Å². The second-order valence-corrected chi connectivity index (χ2v) is 4.36. The van der Waals surface area contributed by atoms with Crippen LogP contribution in [0, 0.1) is 11.8 Å². The predicted molar refractivity (Wildman–Crippen MR) is 47.5 cm³/mol. The first-order chi connectivity index (χ1) is 5.29. The summed E-state index contributed by atoms with van der Waals surface area (Å²) in [6.07, 6.45) is 5.97. The Balaban J connectivity index is 2.06. The highest BCUT2D eigenvalue weighted by molar-refractivity contribution is 4.89. The predicted octanol–water partition coefficient (Wildman–Crippen LogP) is 2.13. The van der Waals surface area contributed by atoms with Gasteiger partial charge in [-0.2, -0.15) is 0 Å². The van der Waals surface area contributed by atoms with Crippen molar-refractivity contribution >= 4 is 0 Å². The molecule has 64 valence electrons. The molecule has 0 N–H and O–H groups in total. The molecule has 0 aromatic rings. The fourth-order valence-electron chi connectivity index (χ4n) is 2.96. The average molecular weight is 153 g/mol. The minimum absolute atomic E-state index is 0.858. The van der Waals surface area contributed by atoms with Crippen molar-refractivity contribution in [3.05, 3.63) is 0 Å². The molecule has 1 nitrogen and oxygen atoms in total. The van der Waals surface area contributed by atoms with Gasteiger partial charge in [-0.3, -0.25) is 0 Å². The molecule has 2 fully saturated rings. The lowest BCUT2D eigenvalue weighted by Gasteiger charge is -2.39. The summed E-state index contributed by atoms with van der Waals surface area (Å²) >= 11 is 0. The summed E-state index contributed by atoms with van der Waals surface area (Å²) < 4.78 is 0. The van der Waals surface area contributed by atoms with E-state index in [1.54, 1.807) is 0 Å². The number of hydrogen-bond donors (Lipinski definition) is 0. The van der Waals surface area contributed by atoms with E-state index in [0.717, 1.165) is 17.9 Å². The van der Waals surface area contributed by atoms with E-state index < -0.39 is 0 Å². The van der Waals surface area contributed by atoms with E-state index in [2.05, 4.69) is 18.9 Å². The van der Waals surface area contributed by atoms with Gasteiger partial charge in [0.05, 0.1) is 0 Å². The summed E-state index contributed by atoms with van der Waals surface area (Å²) in [5.41, 5.74) is 0. The minimum Gasteiger partial charge on any atom is -0.303 e. The van der Waals surface area contributed by atoms with Crippen LogP contribution in [0.4, 0.5) is 0 Å². The summed E-state index contributed by atoms with van der Waals surface area (Å²) in [5, 5.41) is 0. The molecule has 11 heavy (non-hydrogen) atoms. The molecule has 1 saturated heterocycles. The summed E-state index contributed by atoms with van der Waals surface area (Å²) in [5.74, 6) is 2.12. The van der Waals surface area contributed by atoms with Crippen molar-refractivity contribution in [1.82, 2.24) is 4.90 Å². The number of nitrogens with zero attached hydrogens (tertiary/aromatic N) is 1. The highest BCUT2D eigenvalue weighted by atomic mass is 15.1. The van der Waals surface area contributed by atoms with Crippen molar-refractivity contribution in [3.8, 4) is 0 Å². The third-order valence-corrected chi connectivity index (χ3v) is 3.89. The van der Waals surface area contributed by atoms with Gasteiger partial charge in [-0.1, -0.05) is 12.8 Å². The summed E-state index contributed by atoms with van der Waals surface area (Å²) in [4.78, 5) is 2.53. The fourth-order valence-corrected chi connectivity index (χ4v) is 2.96. The highest BCUT2D eigenvalue weighted by Gasteiger charge is 2.36. The van der Waals surface area contributed by atoms with E-state index in [-0.39, 0.29) is 0 Å². The minimum atomic E-state index is 0.858. The lowest BCUT2D eigenvalue weighted by atomic mass is 9.83. The monoisotopic (exact) mass is 153 g/mol. The molecule has 3 atom stereocenters. The molecule has 0 spiro atoms. The topological polar surface area (TPSA) is 3.24 Å². The van der Waals surface area contributed by atoms with Gasteiger partial charge in [-0.05, 0) is 45.2 Å². The van der Waals surface area contributed by atoms with E-state index >= 15 is 0 Å². The van der Waals surface area contributed by atoms with Crippen LogP contribution in [0.2, 0.25) is 0 Å². The number of fused-ring (bicyclic) bond motifs is 1. The van der Waals surface area contributed by atoms with Crippen molar-refractivity contribution in [3.63, 3.8) is 0 Å². The first-order valence-electron chi connectivity index (χ1n) is 4.99. The molecule has 2 aliphatic rings. The van der Waals surface area contributed by atoms with Gasteiger partial charge >= 0.3 is 0 Å². The maximum Gasteiger partial charge on any atom is 0.00948 e. The van der Waals surface area contributed by atoms with Crippen molar-refractivity contribution in [2.75, 3.05) is 13.6 Å². The lowest BCUT2D eigenvalue weighted by molar-refractivity contribution is 0.0996. The van der Waals surface area contributed by atoms with Crippen LogP contribution < -0.4 is 0 Å². The number of rotatable bonds is 0. The maximum absolute atomic E-state index is 2.53. The molecule has 1 saturated carbocycles. The summed E-state index contributed by atoms with van der Waals surface area (Å²) in [6.45, 7) is 3.74. The zero-order chi connectivity index (χ0) is 7.84. The van der Waals surface area contributed by atoms with Gasteiger partial charge in [-0.15, -0.1) is 0 Å². The normalized spacial score (nSPS) is 45.8. The molecular formula is C10H19N. The van der Waals surface area contributed by atoms with Gasteiger partial charge in [-0.25, -0.2) is 0 Å². The summed E-state index contributed by atoms with van der Waals surface area (Å²) in [7, 11) is 2.28. The van der Waals surface area contributed by atoms with E-state index in [1.165, 1.54) is 32.2 Å². The number of piperidine rings is 1. The van der Waals surface area contributed by atoms with Gasteiger partial charge in [0, 0.05) is 6.04 Å². The second kappa shape index (κ2) is 2.78. The highest BCUT2D eigenvalue weighted by Crippen LogP contribution is 2.40. The van der Waals surface area contributed by atoms with Crippen LogP contribution in [0.5, 0.6) is 0 Å². The van der Waals surface area contributed by atoms with Gasteiger partial charge < -0.3 is 4.90 Å². The quantitative estimate of drug-likeness (QED) is 0.515. The van der Waals surface area contributed by atoms with Gasteiger partial charge in [0.2, 0.25) is 0 Å². The van der Waals surface area contributed by atoms with Crippen molar-refractivity contribution < 1.29 is 0 Å². The molecule has 0 radical (unpaired) electrons. The van der Waals surface area contributed by atoms with Crippen LogP contribution in [0.25, 0.3) is 0 Å². The van der Waals surface area contributed by atoms with Crippen LogP contribution in [0.15, 0.2) is 0 Å². The Morgan fingerprint density at radius 1 is 1.18 bits per heavy atom. The van der Waals surface area contributed by atoms with E-state index in [1.807, 2.05) is 0 Å². The number of hydrogen-bond acceptors (Lipinski definition) is 1. The Hall–Kier alpha value is -0.0400. The fraction of sp³-hybridized carbons (Fsp3) is 1.00. The van der Waals surface area contributed by atoms with Crippen LogP contribution in [-0.2, 0) is 0 Å². The van der Waals surface area contributed by atoms with Gasteiger partial charge in [0.25, 0.3) is 0 Å². The lowest BCUT2D eigenvalue weighted by Crippen LogP contribution is -2.43. The van der Waals surface area contributed by atoms with Gasteiger partial charge in [0.15, 0.2) is 0 Å². The third-order valence-electron chi connectivity index (χ3n) is 3.89. The molecule has 0 aromatic carbocycles. The van der Waals surface area contributed by atoms with Crippen LogP contribution >= 0.6 is 0 Å². The Morgan fingerprint density at radius 2 is 2.00 bits per heavy atom. The van der Waals surface area contributed by atoms with Crippen molar-refractivity contribution in [1.29, 1.82) is 0 Å². The first kappa shape index (κ1) is 7.60. The number of likely N-dealkylation sites (tertiary alicyclic amines) is 1. The molecule has 0 aromatic heterocycles. The Bertz CT molecular complexity index is 144. The average Bonchev–Trinajstić information content (AvgIpc) is 2.45. The van der Waals surface area contributed by atoms with Crippen molar-refractivity contribution in [2.24, 2.45) is 11.8 Å². The SMILES string of the molecule is CC1C2CCCC2CCN1C. The van der Waals surface area contributed by atoms with Crippen LogP contribution in [0.3, 0.4) is 0 Å². The molecule has 1 aliphatic heterocycles. The largest absolute Gasteiger partial charge is 0.303 e.